The van der Waals surface area contributed by atoms with Gasteiger partial charge in [-0.25, -0.2) is 0 Å². The van der Waals surface area contributed by atoms with Gasteiger partial charge >= 0.3 is 0 Å². The van der Waals surface area contributed by atoms with Gasteiger partial charge in [0, 0.05) is 25.4 Å². The Morgan fingerprint density at radius 2 is 1.74 bits per heavy atom. The van der Waals surface area contributed by atoms with E-state index in [1.54, 1.807) is 4.90 Å². The molecule has 1 fully saturated rings. The number of primary amides is 1. The van der Waals surface area contributed by atoms with Crippen LogP contribution in [-0.2, 0) is 16.0 Å². The SMILES string of the molecule is NC(=O)CCN(CCc1ccccc1)C(=O)C1CCC(O)CC1. The fraction of sp³-hybridized carbons (Fsp3) is 0.556. The van der Waals surface area contributed by atoms with E-state index in [9.17, 15) is 14.7 Å². The lowest BCUT2D eigenvalue weighted by Crippen LogP contribution is -2.41. The molecule has 126 valence electrons. The third kappa shape index (κ3) is 5.67. The highest BCUT2D eigenvalue weighted by Crippen LogP contribution is 2.26. The lowest BCUT2D eigenvalue weighted by molar-refractivity contribution is -0.137. The van der Waals surface area contributed by atoms with E-state index in [2.05, 4.69) is 0 Å². The lowest BCUT2D eigenvalue weighted by atomic mass is 9.86. The highest BCUT2D eigenvalue weighted by Gasteiger charge is 2.28. The molecule has 0 atom stereocenters. The molecule has 0 aromatic heterocycles. The molecular formula is C18H26N2O3. The van der Waals surface area contributed by atoms with Crippen LogP contribution >= 0.6 is 0 Å². The van der Waals surface area contributed by atoms with Gasteiger partial charge in [-0.3, -0.25) is 9.59 Å². The van der Waals surface area contributed by atoms with Gasteiger partial charge in [0.2, 0.25) is 11.8 Å². The summed E-state index contributed by atoms with van der Waals surface area (Å²) in [4.78, 5) is 25.6. The van der Waals surface area contributed by atoms with Crippen molar-refractivity contribution in [3.8, 4) is 0 Å². The number of carbonyl (C=O) groups is 2. The maximum atomic E-state index is 12.7. The van der Waals surface area contributed by atoms with Crippen molar-refractivity contribution in [1.82, 2.24) is 4.90 Å². The van der Waals surface area contributed by atoms with Crippen LogP contribution in [0.3, 0.4) is 0 Å². The number of aliphatic hydroxyl groups is 1. The van der Waals surface area contributed by atoms with Crippen LogP contribution in [-0.4, -0.2) is 41.0 Å². The minimum absolute atomic E-state index is 0.0398. The molecule has 1 saturated carbocycles. The second-order valence-electron chi connectivity index (χ2n) is 6.28. The molecule has 0 aliphatic heterocycles. The first-order valence-corrected chi connectivity index (χ1v) is 8.35. The minimum Gasteiger partial charge on any atom is -0.393 e. The summed E-state index contributed by atoms with van der Waals surface area (Å²) in [6.07, 6.45) is 3.48. The standard InChI is InChI=1S/C18H26N2O3/c19-17(22)11-13-20(12-10-14-4-2-1-3-5-14)18(23)15-6-8-16(21)9-7-15/h1-5,15-16,21H,6-13H2,(H2,19,22). The van der Waals surface area contributed by atoms with E-state index in [1.807, 2.05) is 30.3 Å². The normalized spacial score (nSPS) is 20.9. The van der Waals surface area contributed by atoms with Crippen molar-refractivity contribution >= 4 is 11.8 Å². The van der Waals surface area contributed by atoms with Crippen molar-refractivity contribution in [3.05, 3.63) is 35.9 Å². The highest BCUT2D eigenvalue weighted by atomic mass is 16.3. The molecule has 5 heteroatoms. The number of hydrogen-bond acceptors (Lipinski definition) is 3. The number of benzene rings is 1. The molecule has 1 aliphatic rings. The second-order valence-corrected chi connectivity index (χ2v) is 6.28. The van der Waals surface area contributed by atoms with Crippen LogP contribution in [0.2, 0.25) is 0 Å². The molecule has 1 aromatic carbocycles. The van der Waals surface area contributed by atoms with Gasteiger partial charge in [0.25, 0.3) is 0 Å². The van der Waals surface area contributed by atoms with Gasteiger partial charge in [-0.05, 0) is 37.7 Å². The molecule has 1 aliphatic carbocycles. The number of hydrogen-bond donors (Lipinski definition) is 2. The Morgan fingerprint density at radius 1 is 1.09 bits per heavy atom. The summed E-state index contributed by atoms with van der Waals surface area (Å²) >= 11 is 0. The smallest absolute Gasteiger partial charge is 0.225 e. The number of nitrogens with two attached hydrogens (primary N) is 1. The molecule has 0 spiro atoms. The van der Waals surface area contributed by atoms with Crippen molar-refractivity contribution in [2.45, 2.75) is 44.6 Å². The van der Waals surface area contributed by atoms with Gasteiger partial charge in [-0.2, -0.15) is 0 Å². The van der Waals surface area contributed by atoms with Crippen LogP contribution in [0.25, 0.3) is 0 Å². The summed E-state index contributed by atoms with van der Waals surface area (Å²) in [5.41, 5.74) is 6.40. The Balaban J connectivity index is 1.95. The molecule has 23 heavy (non-hydrogen) atoms. The molecule has 0 radical (unpaired) electrons. The monoisotopic (exact) mass is 318 g/mol. The molecule has 5 nitrogen and oxygen atoms in total. The molecule has 3 N–H and O–H groups in total. The Bertz CT molecular complexity index is 510. The van der Waals surface area contributed by atoms with Gasteiger partial charge in [0.15, 0.2) is 0 Å². The summed E-state index contributed by atoms with van der Waals surface area (Å²) in [6, 6.07) is 10.00. The van der Waals surface area contributed by atoms with Crippen molar-refractivity contribution in [2.24, 2.45) is 11.7 Å². The third-order valence-electron chi connectivity index (χ3n) is 4.50. The summed E-state index contributed by atoms with van der Waals surface area (Å²) in [5, 5.41) is 9.59. The predicted molar refractivity (Wildman–Crippen MR) is 88.5 cm³/mol. The van der Waals surface area contributed by atoms with Crippen LogP contribution in [0.4, 0.5) is 0 Å². The van der Waals surface area contributed by atoms with Crippen LogP contribution in [0, 0.1) is 5.92 Å². The van der Waals surface area contributed by atoms with E-state index >= 15 is 0 Å². The quantitative estimate of drug-likeness (QED) is 0.799. The minimum atomic E-state index is -0.387. The van der Waals surface area contributed by atoms with Crippen molar-refractivity contribution in [2.75, 3.05) is 13.1 Å². The van der Waals surface area contributed by atoms with E-state index in [-0.39, 0.29) is 30.3 Å². The average molecular weight is 318 g/mol. The summed E-state index contributed by atoms with van der Waals surface area (Å²) in [6.45, 7) is 0.967. The Morgan fingerprint density at radius 3 is 2.35 bits per heavy atom. The molecule has 2 rings (SSSR count). The number of amides is 2. The fourth-order valence-corrected chi connectivity index (χ4v) is 3.07. The average Bonchev–Trinajstić information content (AvgIpc) is 2.56. The number of carbonyl (C=O) groups excluding carboxylic acids is 2. The summed E-state index contributed by atoms with van der Waals surface area (Å²) in [7, 11) is 0. The predicted octanol–water partition coefficient (Wildman–Crippen LogP) is 1.48. The van der Waals surface area contributed by atoms with Crippen LogP contribution in [0.5, 0.6) is 0 Å². The maximum absolute atomic E-state index is 12.7. The van der Waals surface area contributed by atoms with Crippen molar-refractivity contribution in [1.29, 1.82) is 0 Å². The van der Waals surface area contributed by atoms with E-state index in [0.29, 0.717) is 25.9 Å². The first-order valence-electron chi connectivity index (χ1n) is 8.35. The molecule has 2 amide bonds. The van der Waals surface area contributed by atoms with Gasteiger partial charge in [-0.1, -0.05) is 30.3 Å². The molecule has 1 aromatic rings. The van der Waals surface area contributed by atoms with Crippen LogP contribution in [0.1, 0.15) is 37.7 Å². The number of rotatable bonds is 7. The van der Waals surface area contributed by atoms with Crippen molar-refractivity contribution in [3.63, 3.8) is 0 Å². The Kier molecular flexibility index (Phi) is 6.59. The van der Waals surface area contributed by atoms with Gasteiger partial charge < -0.3 is 15.7 Å². The van der Waals surface area contributed by atoms with E-state index < -0.39 is 0 Å². The van der Waals surface area contributed by atoms with Gasteiger partial charge in [0.05, 0.1) is 6.10 Å². The first kappa shape index (κ1) is 17.5. The fourth-order valence-electron chi connectivity index (χ4n) is 3.07. The van der Waals surface area contributed by atoms with E-state index in [4.69, 9.17) is 5.73 Å². The molecule has 0 saturated heterocycles. The van der Waals surface area contributed by atoms with Gasteiger partial charge in [-0.15, -0.1) is 0 Å². The zero-order valence-electron chi connectivity index (χ0n) is 13.5. The zero-order valence-corrected chi connectivity index (χ0v) is 13.5. The molecule has 0 bridgehead atoms. The van der Waals surface area contributed by atoms with Crippen molar-refractivity contribution < 1.29 is 14.7 Å². The number of aliphatic hydroxyl groups excluding tert-OH is 1. The topological polar surface area (TPSA) is 83.6 Å². The molecular weight excluding hydrogens is 292 g/mol. The lowest BCUT2D eigenvalue weighted by Gasteiger charge is -2.30. The van der Waals surface area contributed by atoms with E-state index in [1.165, 1.54) is 5.56 Å². The highest BCUT2D eigenvalue weighted by molar-refractivity contribution is 5.80. The maximum Gasteiger partial charge on any atom is 0.225 e. The Labute approximate surface area is 137 Å². The zero-order chi connectivity index (χ0) is 16.7. The van der Waals surface area contributed by atoms with Crippen LogP contribution in [0.15, 0.2) is 30.3 Å². The summed E-state index contributed by atoms with van der Waals surface area (Å²) in [5.74, 6) is -0.335. The molecule has 0 heterocycles. The Hall–Kier alpha value is -1.88. The third-order valence-corrected chi connectivity index (χ3v) is 4.50. The van der Waals surface area contributed by atoms with E-state index in [0.717, 1.165) is 19.3 Å². The second kappa shape index (κ2) is 8.67. The van der Waals surface area contributed by atoms with Crippen LogP contribution < -0.4 is 5.73 Å². The van der Waals surface area contributed by atoms with Gasteiger partial charge in [0.1, 0.15) is 0 Å². The number of nitrogens with zero attached hydrogens (tertiary/aromatic N) is 1. The largest absolute Gasteiger partial charge is 0.393 e. The first-order chi connectivity index (χ1) is 11.1. The molecule has 0 unspecified atom stereocenters. The summed E-state index contributed by atoms with van der Waals surface area (Å²) < 4.78 is 0.